The van der Waals surface area contributed by atoms with Crippen molar-refractivity contribution in [2.24, 2.45) is 0 Å². The van der Waals surface area contributed by atoms with E-state index in [1.54, 1.807) is 0 Å². The number of nitrogen functional groups attached to an aromatic ring is 1. The maximum Gasteiger partial charge on any atom is 0.187 e. The summed E-state index contributed by atoms with van der Waals surface area (Å²) >= 11 is 0. The van der Waals surface area contributed by atoms with E-state index in [1.165, 1.54) is 0 Å². The first-order chi connectivity index (χ1) is 8.52. The van der Waals surface area contributed by atoms with Crippen LogP contribution < -0.4 is 11.1 Å². The minimum atomic E-state index is -1.55. The van der Waals surface area contributed by atoms with Gasteiger partial charge in [-0.15, -0.1) is 0 Å². The summed E-state index contributed by atoms with van der Waals surface area (Å²) in [4.78, 5) is 0. The van der Waals surface area contributed by atoms with Crippen molar-refractivity contribution < 1.29 is 17.6 Å². The number of benzene rings is 1. The van der Waals surface area contributed by atoms with Crippen molar-refractivity contribution in [3.8, 4) is 0 Å². The average molecular weight is 262 g/mol. The van der Waals surface area contributed by atoms with Gasteiger partial charge in [0, 0.05) is 6.04 Å². The molecule has 0 amide bonds. The first kappa shape index (κ1) is 13.0. The van der Waals surface area contributed by atoms with Crippen molar-refractivity contribution in [1.29, 1.82) is 0 Å². The predicted octanol–water partition coefficient (Wildman–Crippen LogP) is 3.57. The molecule has 1 aromatic carbocycles. The van der Waals surface area contributed by atoms with Gasteiger partial charge in [0.25, 0.3) is 0 Å². The van der Waals surface area contributed by atoms with Crippen LogP contribution in [0.4, 0.5) is 28.9 Å². The molecule has 2 rings (SSSR count). The fourth-order valence-electron chi connectivity index (χ4n) is 2.23. The second-order valence-electron chi connectivity index (χ2n) is 4.52. The SMILES string of the molecule is Nc1c(F)c(F)c(NC2CCCCC2)c(F)c1F. The smallest absolute Gasteiger partial charge is 0.187 e. The molecule has 3 N–H and O–H groups in total. The van der Waals surface area contributed by atoms with Crippen LogP contribution in [0.3, 0.4) is 0 Å². The van der Waals surface area contributed by atoms with Gasteiger partial charge >= 0.3 is 0 Å². The zero-order valence-electron chi connectivity index (χ0n) is 9.70. The minimum Gasteiger partial charge on any atom is -0.394 e. The molecule has 0 aliphatic heterocycles. The van der Waals surface area contributed by atoms with Crippen LogP contribution in [0.5, 0.6) is 0 Å². The van der Waals surface area contributed by atoms with Gasteiger partial charge in [0.15, 0.2) is 23.3 Å². The molecule has 0 saturated heterocycles. The highest BCUT2D eigenvalue weighted by Crippen LogP contribution is 2.31. The van der Waals surface area contributed by atoms with E-state index in [0.717, 1.165) is 32.1 Å². The second-order valence-corrected chi connectivity index (χ2v) is 4.52. The summed E-state index contributed by atoms with van der Waals surface area (Å²) in [5, 5.41) is 2.54. The summed E-state index contributed by atoms with van der Waals surface area (Å²) in [5.41, 5.74) is 3.04. The van der Waals surface area contributed by atoms with Crippen LogP contribution in [-0.2, 0) is 0 Å². The quantitative estimate of drug-likeness (QED) is 0.486. The summed E-state index contributed by atoms with van der Waals surface area (Å²) < 4.78 is 53.5. The van der Waals surface area contributed by atoms with Gasteiger partial charge in [-0.05, 0) is 12.8 Å². The molecule has 0 aromatic heterocycles. The van der Waals surface area contributed by atoms with Crippen LogP contribution in [0.15, 0.2) is 0 Å². The van der Waals surface area contributed by atoms with Gasteiger partial charge in [0.05, 0.1) is 0 Å². The normalized spacial score (nSPS) is 16.9. The molecule has 6 heteroatoms. The molecular weight excluding hydrogens is 248 g/mol. The third-order valence-electron chi connectivity index (χ3n) is 3.25. The summed E-state index contributed by atoms with van der Waals surface area (Å²) in [6.07, 6.45) is 4.38. The van der Waals surface area contributed by atoms with Crippen LogP contribution in [0.25, 0.3) is 0 Å². The molecule has 0 unspecified atom stereocenters. The van der Waals surface area contributed by atoms with Gasteiger partial charge in [0.1, 0.15) is 11.4 Å². The van der Waals surface area contributed by atoms with Crippen molar-refractivity contribution in [1.82, 2.24) is 0 Å². The standard InChI is InChI=1S/C12H14F4N2/c13-7-9(15)12(10(16)8(14)11(7)17)18-6-4-2-1-3-5-6/h6,18H,1-5,17H2. The Kier molecular flexibility index (Phi) is 3.63. The Bertz CT molecular complexity index is 427. The largest absolute Gasteiger partial charge is 0.394 e. The molecule has 0 spiro atoms. The van der Waals surface area contributed by atoms with Crippen LogP contribution >= 0.6 is 0 Å². The van der Waals surface area contributed by atoms with Crippen LogP contribution in [0.2, 0.25) is 0 Å². The Morgan fingerprint density at radius 2 is 1.33 bits per heavy atom. The Labute approximate surface area is 102 Å². The summed E-state index contributed by atoms with van der Waals surface area (Å²) in [6.45, 7) is 0. The van der Waals surface area contributed by atoms with Gasteiger partial charge in [-0.2, -0.15) is 0 Å². The van der Waals surface area contributed by atoms with Gasteiger partial charge in [-0.25, -0.2) is 17.6 Å². The molecule has 1 fully saturated rings. The molecule has 18 heavy (non-hydrogen) atoms. The average Bonchev–Trinajstić information content (AvgIpc) is 2.40. The summed E-state index contributed by atoms with van der Waals surface area (Å²) in [5.74, 6) is -6.02. The maximum atomic E-state index is 13.5. The molecular formula is C12H14F4N2. The predicted molar refractivity (Wildman–Crippen MR) is 61.2 cm³/mol. The molecule has 1 aromatic rings. The molecule has 2 nitrogen and oxygen atoms in total. The van der Waals surface area contributed by atoms with E-state index in [9.17, 15) is 17.6 Å². The Balaban J connectivity index is 2.32. The van der Waals surface area contributed by atoms with Gasteiger partial charge in [-0.3, -0.25) is 0 Å². The number of nitrogens with two attached hydrogens (primary N) is 1. The topological polar surface area (TPSA) is 38.0 Å². The number of hydrogen-bond donors (Lipinski definition) is 2. The lowest BCUT2D eigenvalue weighted by atomic mass is 9.95. The molecule has 1 saturated carbocycles. The van der Waals surface area contributed by atoms with Crippen molar-refractivity contribution in [3.63, 3.8) is 0 Å². The van der Waals surface area contributed by atoms with Gasteiger partial charge < -0.3 is 11.1 Å². The molecule has 0 radical (unpaired) electrons. The monoisotopic (exact) mass is 262 g/mol. The van der Waals surface area contributed by atoms with E-state index >= 15 is 0 Å². The Hall–Kier alpha value is -1.46. The lowest BCUT2D eigenvalue weighted by molar-refractivity contribution is 0.441. The van der Waals surface area contributed by atoms with E-state index in [0.29, 0.717) is 0 Å². The highest BCUT2D eigenvalue weighted by molar-refractivity contribution is 5.56. The zero-order valence-corrected chi connectivity index (χ0v) is 9.70. The molecule has 0 heterocycles. The molecule has 0 atom stereocenters. The fourth-order valence-corrected chi connectivity index (χ4v) is 2.23. The van der Waals surface area contributed by atoms with E-state index < -0.39 is 34.6 Å². The third-order valence-corrected chi connectivity index (χ3v) is 3.25. The highest BCUT2D eigenvalue weighted by Gasteiger charge is 2.25. The lowest BCUT2D eigenvalue weighted by Gasteiger charge is -2.24. The summed E-state index contributed by atoms with van der Waals surface area (Å²) in [6, 6.07) is -0.162. The fraction of sp³-hybridized carbons (Fsp3) is 0.500. The Morgan fingerprint density at radius 1 is 0.833 bits per heavy atom. The van der Waals surface area contributed by atoms with E-state index in [4.69, 9.17) is 5.73 Å². The van der Waals surface area contributed by atoms with Gasteiger partial charge in [-0.1, -0.05) is 19.3 Å². The van der Waals surface area contributed by atoms with E-state index in [1.807, 2.05) is 0 Å². The molecule has 100 valence electrons. The number of hydrogen-bond acceptors (Lipinski definition) is 2. The van der Waals surface area contributed by atoms with Crippen molar-refractivity contribution in [2.75, 3.05) is 11.1 Å². The maximum absolute atomic E-state index is 13.5. The van der Waals surface area contributed by atoms with E-state index in [-0.39, 0.29) is 6.04 Å². The minimum absolute atomic E-state index is 0.162. The van der Waals surface area contributed by atoms with Crippen molar-refractivity contribution in [3.05, 3.63) is 23.3 Å². The van der Waals surface area contributed by atoms with Crippen molar-refractivity contribution in [2.45, 2.75) is 38.1 Å². The Morgan fingerprint density at radius 3 is 1.83 bits per heavy atom. The van der Waals surface area contributed by atoms with Crippen molar-refractivity contribution >= 4 is 11.4 Å². The van der Waals surface area contributed by atoms with Crippen LogP contribution in [0, 0.1) is 23.3 Å². The van der Waals surface area contributed by atoms with E-state index in [2.05, 4.69) is 5.32 Å². The number of nitrogens with one attached hydrogen (secondary N) is 1. The molecule has 0 bridgehead atoms. The molecule has 1 aliphatic carbocycles. The number of halogens is 4. The zero-order chi connectivity index (χ0) is 13.3. The first-order valence-corrected chi connectivity index (χ1v) is 5.90. The third kappa shape index (κ3) is 2.23. The highest BCUT2D eigenvalue weighted by atomic mass is 19.2. The second kappa shape index (κ2) is 5.04. The lowest BCUT2D eigenvalue weighted by Crippen LogP contribution is -2.24. The van der Waals surface area contributed by atoms with Gasteiger partial charge in [0.2, 0.25) is 0 Å². The number of rotatable bonds is 2. The van der Waals surface area contributed by atoms with Crippen LogP contribution in [-0.4, -0.2) is 6.04 Å². The summed E-state index contributed by atoms with van der Waals surface area (Å²) in [7, 11) is 0. The first-order valence-electron chi connectivity index (χ1n) is 5.90. The van der Waals surface area contributed by atoms with Crippen LogP contribution in [0.1, 0.15) is 32.1 Å². The number of anilines is 2. The molecule has 1 aliphatic rings.